The van der Waals surface area contributed by atoms with Crippen LogP contribution in [0.15, 0.2) is 382 Å². The molecular weight excluding hydrogens is 1160 g/mol. The average molecular weight is 1220 g/mol. The van der Waals surface area contributed by atoms with E-state index in [0.29, 0.717) is 17.5 Å². The predicted molar refractivity (Wildman–Crippen MR) is 401 cm³/mol. The highest BCUT2D eigenvalue weighted by molar-refractivity contribution is 5.97. The summed E-state index contributed by atoms with van der Waals surface area (Å²) in [5, 5.41) is 0. The molecular formula is C93H63N3. The Hall–Kier alpha value is -12.7. The van der Waals surface area contributed by atoms with Gasteiger partial charge in [-0.1, -0.05) is 297 Å². The molecule has 0 atom stereocenters. The Balaban J connectivity index is 0.933. The molecule has 1 heterocycles. The average Bonchev–Trinajstić information content (AvgIpc) is 0.906. The van der Waals surface area contributed by atoms with Gasteiger partial charge in [-0.15, -0.1) is 0 Å². The summed E-state index contributed by atoms with van der Waals surface area (Å²) in [5.41, 5.74) is 29.2. The summed E-state index contributed by atoms with van der Waals surface area (Å²) in [7, 11) is 0. The molecule has 0 aliphatic heterocycles. The van der Waals surface area contributed by atoms with Crippen molar-refractivity contribution < 1.29 is 0 Å². The van der Waals surface area contributed by atoms with Crippen LogP contribution in [0.1, 0.15) is 0 Å². The smallest absolute Gasteiger partial charge is 0.164 e. The number of hydrogen-bond donors (Lipinski definition) is 0. The van der Waals surface area contributed by atoms with Crippen LogP contribution in [-0.2, 0) is 0 Å². The normalized spacial score (nSPS) is 11.1. The Kier molecular flexibility index (Phi) is 16.1. The maximum Gasteiger partial charge on any atom is 0.164 e. The van der Waals surface area contributed by atoms with Gasteiger partial charge in [-0.05, 0) is 218 Å². The summed E-state index contributed by atoms with van der Waals surface area (Å²) < 4.78 is 0. The molecule has 96 heavy (non-hydrogen) atoms. The van der Waals surface area contributed by atoms with Gasteiger partial charge in [0.15, 0.2) is 17.5 Å². The molecule has 16 rings (SSSR count). The minimum absolute atomic E-state index is 0.552. The highest BCUT2D eigenvalue weighted by atomic mass is 15.0. The minimum atomic E-state index is 0.552. The first-order valence-corrected chi connectivity index (χ1v) is 32.7. The molecule has 16 aromatic rings. The van der Waals surface area contributed by atoms with Crippen LogP contribution in [0, 0.1) is 0 Å². The van der Waals surface area contributed by atoms with E-state index in [0.717, 1.165) is 150 Å². The molecule has 0 unspecified atom stereocenters. The number of hydrogen-bond acceptors (Lipinski definition) is 3. The fourth-order valence-electron chi connectivity index (χ4n) is 13.2. The van der Waals surface area contributed by atoms with Gasteiger partial charge >= 0.3 is 0 Å². The molecule has 15 aromatic carbocycles. The molecule has 0 fully saturated rings. The SMILES string of the molecule is c1ccc(-c2cc(-c3ccccc3)cc(-c3cccc(-c4nc(-c5cc(-c6ccccc6)cc(-c6ccccc6)c5)nc(-c5ccc(-c6ccccc6-c6cc(-c7ccccc7)cc(-c7ccccc7)c6)c(-c6cc(-c7ccccc7)cc(-c7ccccc7)c6)c5)n4)c3)c2)cc1. The third-order valence-electron chi connectivity index (χ3n) is 18.1. The van der Waals surface area contributed by atoms with Crippen molar-refractivity contribution in [1.82, 2.24) is 15.0 Å². The molecule has 1 aromatic heterocycles. The van der Waals surface area contributed by atoms with Gasteiger partial charge in [0.2, 0.25) is 0 Å². The maximum atomic E-state index is 5.63. The monoisotopic (exact) mass is 1220 g/mol. The lowest BCUT2D eigenvalue weighted by Gasteiger charge is -2.19. The topological polar surface area (TPSA) is 38.7 Å². The van der Waals surface area contributed by atoms with Crippen LogP contribution in [0.5, 0.6) is 0 Å². The van der Waals surface area contributed by atoms with Crippen LogP contribution in [0.4, 0.5) is 0 Å². The number of aromatic nitrogens is 3. The van der Waals surface area contributed by atoms with Gasteiger partial charge < -0.3 is 0 Å². The van der Waals surface area contributed by atoms with Crippen molar-refractivity contribution >= 4 is 0 Å². The molecule has 0 aliphatic rings. The van der Waals surface area contributed by atoms with Gasteiger partial charge in [-0.3, -0.25) is 0 Å². The first kappa shape index (κ1) is 58.4. The zero-order valence-corrected chi connectivity index (χ0v) is 52.7. The molecule has 0 amide bonds. The van der Waals surface area contributed by atoms with Gasteiger partial charge in [-0.25, -0.2) is 15.0 Å². The van der Waals surface area contributed by atoms with Crippen molar-refractivity contribution in [1.29, 1.82) is 0 Å². The third-order valence-corrected chi connectivity index (χ3v) is 18.1. The molecule has 0 aliphatic carbocycles. The zero-order chi connectivity index (χ0) is 64.0. The van der Waals surface area contributed by atoms with E-state index in [1.54, 1.807) is 0 Å². The molecule has 3 heteroatoms. The molecule has 3 nitrogen and oxygen atoms in total. The van der Waals surface area contributed by atoms with Crippen LogP contribution in [0.2, 0.25) is 0 Å². The Morgan fingerprint density at radius 2 is 0.312 bits per heavy atom. The van der Waals surface area contributed by atoms with Crippen LogP contribution in [0.25, 0.3) is 168 Å². The van der Waals surface area contributed by atoms with Crippen molar-refractivity contribution in [3.8, 4) is 168 Å². The standard InChI is InChI=1S/C93H63N3/c1-9-28-64(29-10-1)75-51-76(65-30-11-2-12-31-65)56-83(55-75)72-44-27-45-73(50-72)91-94-92(96-93(95-91)86-61-81(70-40-21-7-22-41-70)54-82(62-86)71-42-23-8-24-43-71)74-48-49-89(90(63-74)85-59-79(68-36-17-5-18-37-68)53-80(60-85)69-38-19-6-20-39-69)88-47-26-25-46-87(88)84-57-77(66-32-13-3-14-33-66)52-78(58-84)67-34-15-4-16-35-67/h1-63H. The van der Waals surface area contributed by atoms with E-state index in [4.69, 9.17) is 15.0 Å². The Morgan fingerprint density at radius 3 is 0.646 bits per heavy atom. The van der Waals surface area contributed by atoms with Crippen molar-refractivity contribution in [2.75, 3.05) is 0 Å². The lowest BCUT2D eigenvalue weighted by Crippen LogP contribution is -2.01. The van der Waals surface area contributed by atoms with Crippen LogP contribution in [-0.4, -0.2) is 15.0 Å². The molecule has 0 saturated heterocycles. The quantitative estimate of drug-likeness (QED) is 0.103. The second kappa shape index (κ2) is 26.5. The van der Waals surface area contributed by atoms with Crippen LogP contribution < -0.4 is 0 Å². The van der Waals surface area contributed by atoms with Gasteiger partial charge in [0, 0.05) is 16.7 Å². The predicted octanol–water partition coefficient (Wildman–Crippen LogP) is 24.9. The van der Waals surface area contributed by atoms with E-state index in [-0.39, 0.29) is 0 Å². The Labute approximate surface area is 561 Å². The van der Waals surface area contributed by atoms with Crippen molar-refractivity contribution in [2.24, 2.45) is 0 Å². The lowest BCUT2D eigenvalue weighted by atomic mass is 9.85. The number of benzene rings is 15. The number of nitrogens with zero attached hydrogens (tertiary/aromatic N) is 3. The summed E-state index contributed by atoms with van der Waals surface area (Å²) in [5.74, 6) is 1.68. The van der Waals surface area contributed by atoms with E-state index < -0.39 is 0 Å². The van der Waals surface area contributed by atoms with Crippen molar-refractivity contribution in [2.45, 2.75) is 0 Å². The molecule has 0 saturated carbocycles. The number of rotatable bonds is 15. The summed E-state index contributed by atoms with van der Waals surface area (Å²) in [4.78, 5) is 16.8. The van der Waals surface area contributed by atoms with E-state index in [1.165, 1.54) is 0 Å². The summed E-state index contributed by atoms with van der Waals surface area (Å²) >= 11 is 0. The van der Waals surface area contributed by atoms with Crippen LogP contribution in [0.3, 0.4) is 0 Å². The van der Waals surface area contributed by atoms with E-state index in [1.807, 2.05) is 0 Å². The molecule has 0 radical (unpaired) electrons. The van der Waals surface area contributed by atoms with Gasteiger partial charge in [0.05, 0.1) is 0 Å². The van der Waals surface area contributed by atoms with Gasteiger partial charge in [0.1, 0.15) is 0 Å². The van der Waals surface area contributed by atoms with E-state index in [9.17, 15) is 0 Å². The highest BCUT2D eigenvalue weighted by Gasteiger charge is 2.22. The maximum absolute atomic E-state index is 5.63. The fraction of sp³-hybridized carbons (Fsp3) is 0. The van der Waals surface area contributed by atoms with Gasteiger partial charge in [0.25, 0.3) is 0 Å². The van der Waals surface area contributed by atoms with Crippen LogP contribution >= 0.6 is 0 Å². The summed E-state index contributed by atoms with van der Waals surface area (Å²) in [6, 6.07) is 137. The highest BCUT2D eigenvalue weighted by Crippen LogP contribution is 2.45. The second-order valence-electron chi connectivity index (χ2n) is 24.3. The summed E-state index contributed by atoms with van der Waals surface area (Å²) in [6.07, 6.45) is 0. The van der Waals surface area contributed by atoms with Crippen molar-refractivity contribution in [3.05, 3.63) is 382 Å². The first-order valence-electron chi connectivity index (χ1n) is 32.7. The molecule has 0 bridgehead atoms. The third kappa shape index (κ3) is 12.4. The zero-order valence-electron chi connectivity index (χ0n) is 52.7. The van der Waals surface area contributed by atoms with E-state index in [2.05, 4.69) is 382 Å². The van der Waals surface area contributed by atoms with Crippen molar-refractivity contribution in [3.63, 3.8) is 0 Å². The summed E-state index contributed by atoms with van der Waals surface area (Å²) in [6.45, 7) is 0. The Morgan fingerprint density at radius 1 is 0.104 bits per heavy atom. The fourth-order valence-corrected chi connectivity index (χ4v) is 13.2. The first-order chi connectivity index (χ1) is 47.5. The Bertz CT molecular complexity index is 5180. The molecule has 0 spiro atoms. The second-order valence-corrected chi connectivity index (χ2v) is 24.3. The largest absolute Gasteiger partial charge is 0.208 e. The lowest BCUT2D eigenvalue weighted by molar-refractivity contribution is 1.07. The molecule has 0 N–H and O–H groups in total. The molecule has 450 valence electrons. The van der Waals surface area contributed by atoms with Gasteiger partial charge in [-0.2, -0.15) is 0 Å². The van der Waals surface area contributed by atoms with E-state index >= 15 is 0 Å². The minimum Gasteiger partial charge on any atom is -0.208 e.